The van der Waals surface area contributed by atoms with Gasteiger partial charge in [0.2, 0.25) is 0 Å². The second-order valence-corrected chi connectivity index (χ2v) is 5.62. The predicted molar refractivity (Wildman–Crippen MR) is 75.0 cm³/mol. The van der Waals surface area contributed by atoms with Crippen molar-refractivity contribution >= 4 is 23.5 Å². The van der Waals surface area contributed by atoms with E-state index in [0.29, 0.717) is 0 Å². The number of hydrogen-bond acceptors (Lipinski definition) is 2. The monoisotopic (exact) mass is 240 g/mol. The Morgan fingerprint density at radius 1 is 1.00 bits per heavy atom. The zero-order chi connectivity index (χ0) is 10.9. The van der Waals surface area contributed by atoms with Crippen molar-refractivity contribution in [2.75, 3.05) is 24.0 Å². The zero-order valence-corrected chi connectivity index (χ0v) is 11.2. The summed E-state index contributed by atoms with van der Waals surface area (Å²) in [6, 6.07) is 10.8. The molecular formula is C13H20S2. The first-order chi connectivity index (χ1) is 7.36. The van der Waals surface area contributed by atoms with Crippen LogP contribution in [0.15, 0.2) is 30.3 Å². The van der Waals surface area contributed by atoms with Gasteiger partial charge in [-0.3, -0.25) is 0 Å². The maximum atomic E-state index is 2.23. The Bertz CT molecular complexity index is 240. The van der Waals surface area contributed by atoms with Crippen molar-refractivity contribution in [3.05, 3.63) is 35.9 Å². The quantitative estimate of drug-likeness (QED) is 0.707. The molecule has 0 aliphatic heterocycles. The van der Waals surface area contributed by atoms with Gasteiger partial charge in [-0.2, -0.15) is 23.5 Å². The molecule has 0 saturated heterocycles. The van der Waals surface area contributed by atoms with Crippen LogP contribution in [-0.2, 0) is 6.42 Å². The van der Waals surface area contributed by atoms with E-state index >= 15 is 0 Å². The average Bonchev–Trinajstić information content (AvgIpc) is 2.28. The van der Waals surface area contributed by atoms with Crippen molar-refractivity contribution < 1.29 is 0 Å². The highest BCUT2D eigenvalue weighted by Gasteiger charge is 2.07. The summed E-state index contributed by atoms with van der Waals surface area (Å²) in [5.41, 5.74) is 1.48. The summed E-state index contributed by atoms with van der Waals surface area (Å²) < 4.78 is 0. The summed E-state index contributed by atoms with van der Waals surface area (Å²) in [5.74, 6) is 3.47. The van der Waals surface area contributed by atoms with Crippen LogP contribution in [0.5, 0.6) is 0 Å². The second kappa shape index (κ2) is 8.12. The highest BCUT2D eigenvalue weighted by atomic mass is 32.2. The van der Waals surface area contributed by atoms with E-state index in [0.717, 1.165) is 5.92 Å². The fourth-order valence-electron chi connectivity index (χ4n) is 1.70. The van der Waals surface area contributed by atoms with Crippen LogP contribution in [0.25, 0.3) is 0 Å². The maximum absolute atomic E-state index is 2.23. The molecule has 84 valence electrons. The minimum absolute atomic E-state index is 0.871. The van der Waals surface area contributed by atoms with Crippen molar-refractivity contribution in [2.45, 2.75) is 12.8 Å². The molecule has 0 radical (unpaired) electrons. The Morgan fingerprint density at radius 2 is 1.60 bits per heavy atom. The van der Waals surface area contributed by atoms with Crippen molar-refractivity contribution in [3.8, 4) is 0 Å². The van der Waals surface area contributed by atoms with Crippen molar-refractivity contribution in [1.82, 2.24) is 0 Å². The Morgan fingerprint density at radius 3 is 2.13 bits per heavy atom. The molecule has 0 spiro atoms. The molecule has 0 atom stereocenters. The number of rotatable bonds is 7. The molecule has 1 rings (SSSR count). The first kappa shape index (κ1) is 13.0. The van der Waals surface area contributed by atoms with Crippen LogP contribution in [0, 0.1) is 5.92 Å². The van der Waals surface area contributed by atoms with Crippen LogP contribution < -0.4 is 0 Å². The van der Waals surface area contributed by atoms with Crippen molar-refractivity contribution in [3.63, 3.8) is 0 Å². The van der Waals surface area contributed by atoms with Crippen LogP contribution in [0.4, 0.5) is 0 Å². The average molecular weight is 240 g/mol. The number of benzene rings is 1. The minimum Gasteiger partial charge on any atom is -0.165 e. The second-order valence-electron chi connectivity index (χ2n) is 3.80. The van der Waals surface area contributed by atoms with Gasteiger partial charge in [0.25, 0.3) is 0 Å². The fraction of sp³-hybridized carbons (Fsp3) is 0.538. The van der Waals surface area contributed by atoms with Gasteiger partial charge in [0.05, 0.1) is 0 Å². The van der Waals surface area contributed by atoms with E-state index in [2.05, 4.69) is 42.8 Å². The zero-order valence-electron chi connectivity index (χ0n) is 9.61. The third-order valence-corrected chi connectivity index (χ3v) is 4.10. The molecule has 15 heavy (non-hydrogen) atoms. The molecule has 0 saturated carbocycles. The third-order valence-electron chi connectivity index (χ3n) is 2.49. The minimum atomic E-state index is 0.871. The lowest BCUT2D eigenvalue weighted by Crippen LogP contribution is -2.08. The normalized spacial score (nSPS) is 10.9. The number of hydrogen-bond donors (Lipinski definition) is 0. The molecule has 0 unspecified atom stereocenters. The molecule has 2 heteroatoms. The molecule has 0 bridgehead atoms. The molecule has 0 fully saturated rings. The van der Waals surface area contributed by atoms with Gasteiger partial charge in [-0.05, 0) is 48.3 Å². The van der Waals surface area contributed by atoms with Gasteiger partial charge in [-0.15, -0.1) is 0 Å². The summed E-state index contributed by atoms with van der Waals surface area (Å²) >= 11 is 3.94. The summed E-state index contributed by atoms with van der Waals surface area (Å²) in [7, 11) is 0. The van der Waals surface area contributed by atoms with Crippen molar-refractivity contribution in [2.24, 2.45) is 5.92 Å². The van der Waals surface area contributed by atoms with E-state index in [4.69, 9.17) is 0 Å². The van der Waals surface area contributed by atoms with Crippen molar-refractivity contribution in [1.29, 1.82) is 0 Å². The third kappa shape index (κ3) is 5.53. The molecule has 0 aromatic heterocycles. The Hall–Kier alpha value is -0.0800. The summed E-state index contributed by atoms with van der Waals surface area (Å²) in [5, 5.41) is 0. The Kier molecular flexibility index (Phi) is 7.03. The largest absolute Gasteiger partial charge is 0.165 e. The van der Waals surface area contributed by atoms with E-state index in [-0.39, 0.29) is 0 Å². The number of aryl methyl sites for hydroxylation is 1. The Balaban J connectivity index is 2.33. The van der Waals surface area contributed by atoms with E-state index in [1.54, 1.807) is 0 Å². The first-order valence-corrected chi connectivity index (χ1v) is 8.17. The van der Waals surface area contributed by atoms with Crippen LogP contribution in [0.3, 0.4) is 0 Å². The van der Waals surface area contributed by atoms with Gasteiger partial charge in [-0.1, -0.05) is 30.3 Å². The molecule has 1 aromatic rings. The lowest BCUT2D eigenvalue weighted by molar-refractivity contribution is 0.606. The van der Waals surface area contributed by atoms with E-state index in [1.807, 2.05) is 23.5 Å². The topological polar surface area (TPSA) is 0 Å². The van der Waals surface area contributed by atoms with Gasteiger partial charge in [-0.25, -0.2) is 0 Å². The predicted octanol–water partition coefficient (Wildman–Crippen LogP) is 3.96. The first-order valence-electron chi connectivity index (χ1n) is 5.38. The van der Waals surface area contributed by atoms with Crippen LogP contribution >= 0.6 is 23.5 Å². The molecule has 0 aliphatic carbocycles. The van der Waals surface area contributed by atoms with Gasteiger partial charge in [0, 0.05) is 0 Å². The van der Waals surface area contributed by atoms with E-state index < -0.39 is 0 Å². The van der Waals surface area contributed by atoms with Gasteiger partial charge < -0.3 is 0 Å². The van der Waals surface area contributed by atoms with Gasteiger partial charge in [0.15, 0.2) is 0 Å². The highest BCUT2D eigenvalue weighted by Crippen LogP contribution is 2.17. The maximum Gasteiger partial charge on any atom is -0.00339 e. The molecule has 0 heterocycles. The fourth-order valence-corrected chi connectivity index (χ4v) is 3.36. The molecule has 0 N–H and O–H groups in total. The highest BCUT2D eigenvalue weighted by molar-refractivity contribution is 7.99. The molecule has 0 amide bonds. The molecule has 0 nitrogen and oxygen atoms in total. The van der Waals surface area contributed by atoms with Crippen LogP contribution in [0.2, 0.25) is 0 Å². The molecule has 1 aromatic carbocycles. The smallest absolute Gasteiger partial charge is 0.00339 e. The summed E-state index contributed by atoms with van der Waals surface area (Å²) in [6.45, 7) is 0. The summed E-state index contributed by atoms with van der Waals surface area (Å²) in [4.78, 5) is 0. The van der Waals surface area contributed by atoms with Gasteiger partial charge in [0.1, 0.15) is 0 Å². The van der Waals surface area contributed by atoms with Crippen LogP contribution in [0.1, 0.15) is 12.0 Å². The van der Waals surface area contributed by atoms with Crippen LogP contribution in [-0.4, -0.2) is 24.0 Å². The number of thioether (sulfide) groups is 2. The Labute approximate surface area is 102 Å². The standard InChI is InChI=1S/C13H20S2/c1-14-10-13(11-15-2)9-8-12-6-4-3-5-7-12/h3-7,13H,8-11H2,1-2H3. The SMILES string of the molecule is CSCC(CCc1ccccc1)CSC. The molecular weight excluding hydrogens is 220 g/mol. The lowest BCUT2D eigenvalue weighted by atomic mass is 10.0. The lowest BCUT2D eigenvalue weighted by Gasteiger charge is -2.14. The van der Waals surface area contributed by atoms with Gasteiger partial charge >= 0.3 is 0 Å². The van der Waals surface area contributed by atoms with E-state index in [1.165, 1.54) is 29.9 Å². The molecule has 0 aliphatic rings. The van der Waals surface area contributed by atoms with E-state index in [9.17, 15) is 0 Å². The summed E-state index contributed by atoms with van der Waals surface area (Å²) in [6.07, 6.45) is 6.96.